The Bertz CT molecular complexity index is 843. The van der Waals surface area contributed by atoms with Crippen LogP contribution in [0.2, 0.25) is 0 Å². The number of ether oxygens (including phenoxy) is 1. The van der Waals surface area contributed by atoms with E-state index in [9.17, 15) is 35.9 Å². The highest BCUT2D eigenvalue weighted by Crippen LogP contribution is 2.38. The third-order valence-electron chi connectivity index (χ3n) is 5.67. The van der Waals surface area contributed by atoms with Crippen molar-refractivity contribution in [3.63, 3.8) is 0 Å². The Hall–Kier alpha value is -2.34. The van der Waals surface area contributed by atoms with Gasteiger partial charge in [0, 0.05) is 12.1 Å². The van der Waals surface area contributed by atoms with Crippen molar-refractivity contribution in [3.05, 3.63) is 34.9 Å². The van der Waals surface area contributed by atoms with E-state index in [1.807, 2.05) is 0 Å². The molecule has 2 heterocycles. The predicted molar refractivity (Wildman–Crippen MR) is 95.9 cm³/mol. The first-order valence-corrected chi connectivity index (χ1v) is 9.43. The summed E-state index contributed by atoms with van der Waals surface area (Å²) in [7, 11) is 0. The van der Waals surface area contributed by atoms with Crippen molar-refractivity contribution >= 4 is 11.9 Å². The molecule has 0 saturated carbocycles. The largest absolute Gasteiger partial charge is 0.416 e. The van der Waals surface area contributed by atoms with Crippen LogP contribution in [0.1, 0.15) is 49.5 Å². The number of halogens is 6. The van der Waals surface area contributed by atoms with Gasteiger partial charge in [-0.25, -0.2) is 4.79 Å². The Morgan fingerprint density at radius 1 is 1.03 bits per heavy atom. The van der Waals surface area contributed by atoms with Crippen LogP contribution in [0.5, 0.6) is 0 Å². The molecule has 1 aromatic carbocycles. The van der Waals surface area contributed by atoms with Gasteiger partial charge in [0.05, 0.1) is 23.8 Å². The van der Waals surface area contributed by atoms with Crippen LogP contribution in [0.25, 0.3) is 0 Å². The smallest absolute Gasteiger partial charge is 0.372 e. The monoisotopic (exact) mass is 453 g/mol. The summed E-state index contributed by atoms with van der Waals surface area (Å²) in [5, 5.41) is 7.84. The lowest BCUT2D eigenvalue weighted by Gasteiger charge is -2.42. The molecule has 3 amide bonds. The number of urea groups is 1. The number of hydrogen-bond donors (Lipinski definition) is 3. The molecule has 12 heteroatoms. The highest BCUT2D eigenvalue weighted by Gasteiger charge is 2.50. The number of piperidine rings is 1. The van der Waals surface area contributed by atoms with Gasteiger partial charge in [0.25, 0.3) is 5.91 Å². The Kier molecular flexibility index (Phi) is 5.76. The second-order valence-corrected chi connectivity index (χ2v) is 8.20. The second-order valence-electron chi connectivity index (χ2n) is 8.20. The van der Waals surface area contributed by atoms with Gasteiger partial charge in [-0.3, -0.25) is 10.1 Å². The van der Waals surface area contributed by atoms with Gasteiger partial charge in [0.2, 0.25) is 0 Å². The molecule has 31 heavy (non-hydrogen) atoms. The Labute approximate surface area is 173 Å². The summed E-state index contributed by atoms with van der Waals surface area (Å²) in [6, 6.07) is 0.763. The maximum Gasteiger partial charge on any atom is 0.416 e. The van der Waals surface area contributed by atoms with Gasteiger partial charge in [-0.15, -0.1) is 0 Å². The number of rotatable bonds is 4. The Balaban J connectivity index is 1.70. The van der Waals surface area contributed by atoms with Crippen molar-refractivity contribution in [1.82, 2.24) is 16.0 Å². The van der Waals surface area contributed by atoms with E-state index in [0.717, 1.165) is 0 Å². The summed E-state index contributed by atoms with van der Waals surface area (Å²) in [5.41, 5.74) is -4.83. The van der Waals surface area contributed by atoms with Crippen molar-refractivity contribution in [1.29, 1.82) is 0 Å². The Morgan fingerprint density at radius 3 is 2.03 bits per heavy atom. The lowest BCUT2D eigenvalue weighted by Crippen LogP contribution is -2.64. The zero-order chi connectivity index (χ0) is 23.2. The van der Waals surface area contributed by atoms with Crippen molar-refractivity contribution in [3.8, 4) is 0 Å². The van der Waals surface area contributed by atoms with E-state index >= 15 is 0 Å². The maximum atomic E-state index is 13.1. The normalized spacial score (nSPS) is 27.9. The average molecular weight is 453 g/mol. The van der Waals surface area contributed by atoms with E-state index < -0.39 is 52.6 Å². The van der Waals surface area contributed by atoms with Gasteiger partial charge in [-0.2, -0.15) is 26.3 Å². The Morgan fingerprint density at radius 2 is 1.61 bits per heavy atom. The van der Waals surface area contributed by atoms with E-state index in [0.29, 0.717) is 25.0 Å². The van der Waals surface area contributed by atoms with Gasteiger partial charge in [-0.05, 0) is 50.5 Å². The zero-order valence-electron chi connectivity index (χ0n) is 16.6. The molecule has 2 fully saturated rings. The molecular weight excluding hydrogens is 432 g/mol. The fourth-order valence-electron chi connectivity index (χ4n) is 3.60. The van der Waals surface area contributed by atoms with Crippen LogP contribution in [0, 0.1) is 0 Å². The van der Waals surface area contributed by atoms with Crippen molar-refractivity contribution in [2.45, 2.75) is 56.2 Å². The van der Waals surface area contributed by atoms with Crippen LogP contribution in [-0.2, 0) is 21.9 Å². The van der Waals surface area contributed by atoms with Gasteiger partial charge in [-0.1, -0.05) is 0 Å². The molecule has 6 nitrogen and oxygen atoms in total. The fraction of sp³-hybridized carbons (Fsp3) is 0.579. The van der Waals surface area contributed by atoms with Gasteiger partial charge in [0.1, 0.15) is 5.54 Å². The van der Waals surface area contributed by atoms with Crippen molar-refractivity contribution in [2.24, 2.45) is 0 Å². The number of imide groups is 1. The summed E-state index contributed by atoms with van der Waals surface area (Å²) in [5.74, 6) is -0.454. The molecule has 2 aliphatic heterocycles. The number of amides is 3. The molecule has 0 radical (unpaired) electrons. The molecular formula is C19H21F6N3O3. The van der Waals surface area contributed by atoms with Gasteiger partial charge >= 0.3 is 18.4 Å². The van der Waals surface area contributed by atoms with Crippen LogP contribution in [-0.4, -0.2) is 36.2 Å². The number of carbonyl (C=O) groups excluding carboxylic acids is 2. The summed E-state index contributed by atoms with van der Waals surface area (Å²) in [6.45, 7) is 3.21. The lowest BCUT2D eigenvalue weighted by molar-refractivity contribution is -0.143. The van der Waals surface area contributed by atoms with Gasteiger partial charge < -0.3 is 15.4 Å². The molecule has 0 aliphatic carbocycles. The third kappa shape index (κ3) is 4.95. The van der Waals surface area contributed by atoms with Crippen LogP contribution in [0.15, 0.2) is 18.2 Å². The minimum Gasteiger partial charge on any atom is -0.372 e. The van der Waals surface area contributed by atoms with Crippen LogP contribution >= 0.6 is 0 Å². The molecule has 1 spiro atoms. The standard InChI is InChI=1S/C19H21F6N3O3/c1-10(11-5-12(18(20,21)22)7-13(6-11)19(23,24)25)31-9-16(2)3-4-17(8-26-16)14(29)27-15(30)28-17/h5-7,10,26H,3-4,8-9H2,1-2H3,(H2,27,28,29,30)/t10-,16-,17+/m1/s1. The maximum absolute atomic E-state index is 13.1. The first kappa shape index (κ1) is 23.3. The number of carbonyl (C=O) groups is 2. The molecule has 3 rings (SSSR count). The number of alkyl halides is 6. The van der Waals surface area contributed by atoms with Crippen LogP contribution in [0.3, 0.4) is 0 Å². The molecule has 0 bridgehead atoms. The summed E-state index contributed by atoms with van der Waals surface area (Å²) >= 11 is 0. The van der Waals surface area contributed by atoms with Gasteiger partial charge in [0.15, 0.2) is 0 Å². The first-order valence-electron chi connectivity index (χ1n) is 9.43. The summed E-state index contributed by atoms with van der Waals surface area (Å²) in [6.07, 6.45) is -10.2. The highest BCUT2D eigenvalue weighted by molar-refractivity contribution is 6.07. The fourth-order valence-corrected chi connectivity index (χ4v) is 3.60. The number of hydrogen-bond acceptors (Lipinski definition) is 4. The molecule has 2 aliphatic rings. The predicted octanol–water partition coefficient (Wildman–Crippen LogP) is 3.52. The van der Waals surface area contributed by atoms with E-state index in [1.54, 1.807) is 6.92 Å². The molecule has 3 N–H and O–H groups in total. The van der Waals surface area contributed by atoms with E-state index in [2.05, 4.69) is 16.0 Å². The average Bonchev–Trinajstić information content (AvgIpc) is 2.94. The van der Waals surface area contributed by atoms with E-state index in [4.69, 9.17) is 4.74 Å². The molecule has 3 atom stereocenters. The van der Waals surface area contributed by atoms with Crippen molar-refractivity contribution in [2.75, 3.05) is 13.2 Å². The third-order valence-corrected chi connectivity index (χ3v) is 5.67. The molecule has 0 unspecified atom stereocenters. The number of benzene rings is 1. The SMILES string of the molecule is C[C@@H](OC[C@@]1(C)CC[C@@]2(CN1)NC(=O)NC2=O)c1cc(C(F)(F)F)cc(C(F)(F)F)c1. The zero-order valence-corrected chi connectivity index (χ0v) is 16.6. The molecule has 2 saturated heterocycles. The molecule has 0 aromatic heterocycles. The first-order chi connectivity index (χ1) is 14.1. The van der Waals surface area contributed by atoms with E-state index in [-0.39, 0.29) is 24.8 Å². The summed E-state index contributed by atoms with van der Waals surface area (Å²) in [4.78, 5) is 23.4. The quantitative estimate of drug-likeness (QED) is 0.482. The lowest BCUT2D eigenvalue weighted by atomic mass is 9.81. The second kappa shape index (κ2) is 7.66. The highest BCUT2D eigenvalue weighted by atomic mass is 19.4. The molecule has 172 valence electrons. The van der Waals surface area contributed by atoms with E-state index in [1.165, 1.54) is 6.92 Å². The molecule has 1 aromatic rings. The number of nitrogens with one attached hydrogen (secondary N) is 3. The van der Waals surface area contributed by atoms with Crippen molar-refractivity contribution < 1.29 is 40.7 Å². The van der Waals surface area contributed by atoms with Crippen LogP contribution < -0.4 is 16.0 Å². The minimum atomic E-state index is -4.94. The summed E-state index contributed by atoms with van der Waals surface area (Å²) < 4.78 is 84.0. The minimum absolute atomic E-state index is 0.0303. The topological polar surface area (TPSA) is 79.5 Å². The van der Waals surface area contributed by atoms with Crippen LogP contribution in [0.4, 0.5) is 31.1 Å².